The minimum absolute atomic E-state index is 0.101. The van der Waals surface area contributed by atoms with Gasteiger partial charge in [-0.1, -0.05) is 60.1 Å². The topological polar surface area (TPSA) is 85.3 Å². The molecule has 7 nitrogen and oxygen atoms in total. The van der Waals surface area contributed by atoms with Crippen LogP contribution in [0, 0.1) is 6.92 Å². The largest absolute Gasteiger partial charge is 0.433 e. The number of fused-ring (bicyclic) bond motifs is 1. The molecule has 0 saturated heterocycles. The fourth-order valence-electron chi connectivity index (χ4n) is 4.37. The lowest BCUT2D eigenvalue weighted by atomic mass is 9.96. The summed E-state index contributed by atoms with van der Waals surface area (Å²) in [6.45, 7) is 2.81. The highest BCUT2D eigenvalue weighted by Gasteiger charge is 2.33. The molecule has 0 amide bonds. The van der Waals surface area contributed by atoms with Crippen LogP contribution in [-0.4, -0.2) is 29.5 Å². The van der Waals surface area contributed by atoms with Gasteiger partial charge in [0.05, 0.1) is 12.1 Å². The molecule has 1 atom stereocenters. The van der Waals surface area contributed by atoms with Crippen molar-refractivity contribution < 1.29 is 18.3 Å². The normalized spacial score (nSPS) is 12.7. The smallest absolute Gasteiger partial charge is 0.385 e. The number of alkyl halides is 3. The minimum Gasteiger partial charge on any atom is -0.385 e. The first-order chi connectivity index (χ1) is 18.1. The van der Waals surface area contributed by atoms with E-state index in [1.807, 2.05) is 6.07 Å². The van der Waals surface area contributed by atoms with E-state index < -0.39 is 23.5 Å². The zero-order chi connectivity index (χ0) is 27.2. The molecule has 1 N–H and O–H groups in total. The predicted octanol–water partition coefficient (Wildman–Crippen LogP) is 5.70. The van der Waals surface area contributed by atoms with Gasteiger partial charge in [0.1, 0.15) is 11.8 Å². The predicted molar refractivity (Wildman–Crippen MR) is 137 cm³/mol. The molecule has 0 spiro atoms. The average Bonchev–Trinajstić information content (AvgIpc) is 3.32. The fraction of sp³-hybridized carbons (Fsp3) is 0.185. The second-order valence-corrected chi connectivity index (χ2v) is 9.23. The molecule has 0 aliphatic carbocycles. The number of pyridine rings is 1. The van der Waals surface area contributed by atoms with Gasteiger partial charge in [0.2, 0.25) is 0 Å². The second kappa shape index (κ2) is 9.70. The van der Waals surface area contributed by atoms with Gasteiger partial charge in [0, 0.05) is 16.3 Å². The van der Waals surface area contributed by atoms with E-state index >= 15 is 0 Å². The van der Waals surface area contributed by atoms with Crippen molar-refractivity contribution >= 4 is 17.2 Å². The molecular weight excluding hydrogens is 519 g/mol. The first kappa shape index (κ1) is 25.6. The summed E-state index contributed by atoms with van der Waals surface area (Å²) in [4.78, 5) is 17.9. The monoisotopic (exact) mass is 539 g/mol. The van der Waals surface area contributed by atoms with E-state index in [2.05, 4.69) is 15.2 Å². The summed E-state index contributed by atoms with van der Waals surface area (Å²) in [6.07, 6.45) is -5.69. The number of nitrogens with zero attached hydrogens (tertiary/aromatic N) is 5. The van der Waals surface area contributed by atoms with Gasteiger partial charge >= 0.3 is 6.18 Å². The summed E-state index contributed by atoms with van der Waals surface area (Å²) in [6, 6.07) is 18.1. The summed E-state index contributed by atoms with van der Waals surface area (Å²) in [5.74, 6) is 0.101. The fourth-order valence-corrected chi connectivity index (χ4v) is 4.49. The van der Waals surface area contributed by atoms with E-state index in [0.29, 0.717) is 38.5 Å². The van der Waals surface area contributed by atoms with Gasteiger partial charge in [-0.3, -0.25) is 4.79 Å². The quantitative estimate of drug-likeness (QED) is 0.309. The Kier molecular flexibility index (Phi) is 6.54. The van der Waals surface area contributed by atoms with Crippen molar-refractivity contribution in [3.8, 4) is 22.3 Å². The zero-order valence-corrected chi connectivity index (χ0v) is 21.0. The molecule has 5 rings (SSSR count). The highest BCUT2D eigenvalue weighted by atomic mass is 35.5. The van der Waals surface area contributed by atoms with Crippen LogP contribution in [0.5, 0.6) is 0 Å². The van der Waals surface area contributed by atoms with Crippen molar-refractivity contribution in [3.63, 3.8) is 0 Å². The molecule has 0 radical (unpaired) electrons. The summed E-state index contributed by atoms with van der Waals surface area (Å²) < 4.78 is 42.3. The average molecular weight is 540 g/mol. The van der Waals surface area contributed by atoms with Crippen molar-refractivity contribution in [3.05, 3.63) is 105 Å². The number of hydrogen-bond acceptors (Lipinski definition) is 5. The Hall–Kier alpha value is -4.02. The van der Waals surface area contributed by atoms with Crippen LogP contribution < -0.4 is 5.56 Å². The SMILES string of the molecule is Cc1nc(C(F)(F)F)ccc1Cn1c(=O)c(-c2ccccc2)c(-c2ccc(Cl)cc2)c2nnc([C@H](C)O)n21. The first-order valence-electron chi connectivity index (χ1n) is 11.6. The third-order valence-corrected chi connectivity index (χ3v) is 6.45. The molecular formula is C27H21ClF3N5O2. The Morgan fingerprint density at radius 1 is 0.947 bits per heavy atom. The molecule has 0 unspecified atom stereocenters. The van der Waals surface area contributed by atoms with Crippen LogP contribution in [0.1, 0.15) is 35.8 Å². The molecule has 0 bridgehead atoms. The molecule has 11 heteroatoms. The highest BCUT2D eigenvalue weighted by molar-refractivity contribution is 6.30. The molecule has 194 valence electrons. The first-order valence-corrected chi connectivity index (χ1v) is 12.0. The van der Waals surface area contributed by atoms with Crippen LogP contribution in [0.2, 0.25) is 5.02 Å². The molecule has 5 aromatic rings. The van der Waals surface area contributed by atoms with Gasteiger partial charge in [-0.2, -0.15) is 13.2 Å². The summed E-state index contributed by atoms with van der Waals surface area (Å²) in [5, 5.41) is 19.5. The van der Waals surface area contributed by atoms with Crippen LogP contribution in [-0.2, 0) is 12.7 Å². The standard InChI is InChI=1S/C27H21ClF3N5O2/c1-15-19(10-13-21(32-15)27(29,30)31)14-35-26(38)23(17-6-4-3-5-7-17)22(18-8-11-20(28)12-9-18)25-34-33-24(16(2)37)36(25)35/h3-13,16,37H,14H2,1-2H3/t16-/m0/s1. The number of benzene rings is 2. The van der Waals surface area contributed by atoms with Gasteiger partial charge in [0.25, 0.3) is 5.56 Å². The maximum absolute atomic E-state index is 14.2. The number of aromatic nitrogens is 5. The molecule has 2 aromatic carbocycles. The summed E-state index contributed by atoms with van der Waals surface area (Å²) in [7, 11) is 0. The van der Waals surface area contributed by atoms with Crippen LogP contribution in [0.4, 0.5) is 13.2 Å². The van der Waals surface area contributed by atoms with Gasteiger partial charge in [-0.15, -0.1) is 10.2 Å². The number of rotatable bonds is 5. The maximum atomic E-state index is 14.2. The lowest BCUT2D eigenvalue weighted by Gasteiger charge is -2.19. The number of halogens is 4. The number of aliphatic hydroxyl groups excluding tert-OH is 1. The van der Waals surface area contributed by atoms with Crippen LogP contribution >= 0.6 is 11.6 Å². The van der Waals surface area contributed by atoms with E-state index in [1.165, 1.54) is 29.1 Å². The van der Waals surface area contributed by atoms with Crippen molar-refractivity contribution in [2.45, 2.75) is 32.7 Å². The molecule has 3 heterocycles. The minimum atomic E-state index is -4.60. The number of hydrogen-bond donors (Lipinski definition) is 1. The Balaban J connectivity index is 1.84. The Morgan fingerprint density at radius 2 is 1.61 bits per heavy atom. The number of aryl methyl sites for hydroxylation is 1. The second-order valence-electron chi connectivity index (χ2n) is 8.79. The Labute approximate surface area is 219 Å². The summed E-state index contributed by atoms with van der Waals surface area (Å²) in [5.41, 5.74) is 1.40. The number of aliphatic hydroxyl groups is 1. The molecule has 38 heavy (non-hydrogen) atoms. The highest BCUT2D eigenvalue weighted by Crippen LogP contribution is 2.34. The summed E-state index contributed by atoms with van der Waals surface area (Å²) >= 11 is 6.11. The van der Waals surface area contributed by atoms with E-state index in [4.69, 9.17) is 11.6 Å². The van der Waals surface area contributed by atoms with Crippen LogP contribution in [0.25, 0.3) is 27.9 Å². The van der Waals surface area contributed by atoms with Crippen LogP contribution in [0.15, 0.2) is 71.5 Å². The molecule has 0 aliphatic rings. The zero-order valence-electron chi connectivity index (χ0n) is 20.2. The third-order valence-electron chi connectivity index (χ3n) is 6.20. The van der Waals surface area contributed by atoms with Crippen molar-refractivity contribution in [2.24, 2.45) is 0 Å². The van der Waals surface area contributed by atoms with Crippen molar-refractivity contribution in [1.82, 2.24) is 24.4 Å². The Morgan fingerprint density at radius 3 is 2.21 bits per heavy atom. The van der Waals surface area contributed by atoms with Crippen molar-refractivity contribution in [2.75, 3.05) is 0 Å². The third kappa shape index (κ3) is 4.57. The van der Waals surface area contributed by atoms with Crippen LogP contribution in [0.3, 0.4) is 0 Å². The molecule has 0 fully saturated rings. The Bertz CT molecular complexity index is 1700. The molecule has 0 aliphatic heterocycles. The van der Waals surface area contributed by atoms with E-state index in [1.54, 1.807) is 48.5 Å². The lowest BCUT2D eigenvalue weighted by molar-refractivity contribution is -0.141. The lowest BCUT2D eigenvalue weighted by Crippen LogP contribution is -2.31. The van der Waals surface area contributed by atoms with Gasteiger partial charge < -0.3 is 5.11 Å². The maximum Gasteiger partial charge on any atom is 0.433 e. The van der Waals surface area contributed by atoms with E-state index in [0.717, 1.165) is 6.07 Å². The molecule has 0 saturated carbocycles. The van der Waals surface area contributed by atoms with Gasteiger partial charge in [0.15, 0.2) is 11.5 Å². The van der Waals surface area contributed by atoms with E-state index in [9.17, 15) is 23.1 Å². The van der Waals surface area contributed by atoms with Gasteiger partial charge in [-0.25, -0.2) is 14.2 Å². The van der Waals surface area contributed by atoms with E-state index in [-0.39, 0.29) is 18.1 Å². The molecule has 3 aromatic heterocycles. The van der Waals surface area contributed by atoms with Gasteiger partial charge in [-0.05, 0) is 48.7 Å². The van der Waals surface area contributed by atoms with Crippen molar-refractivity contribution in [1.29, 1.82) is 0 Å².